The molecule has 3 N–H and O–H groups in total. The Kier molecular flexibility index (Phi) is 5.79. The predicted octanol–water partition coefficient (Wildman–Crippen LogP) is 0.664. The number of aliphatic carboxylic acids is 1. The molecule has 2 amide bonds. The van der Waals surface area contributed by atoms with Gasteiger partial charge >= 0.3 is 5.97 Å². The summed E-state index contributed by atoms with van der Waals surface area (Å²) in [6, 6.07) is 0. The van der Waals surface area contributed by atoms with Crippen molar-refractivity contribution in [1.29, 1.82) is 0 Å². The maximum absolute atomic E-state index is 11.6. The first-order chi connectivity index (χ1) is 8.96. The molecule has 1 saturated carbocycles. The van der Waals surface area contributed by atoms with Crippen LogP contribution in [0.5, 0.6) is 0 Å². The lowest BCUT2D eigenvalue weighted by Gasteiger charge is -2.33. The highest BCUT2D eigenvalue weighted by atomic mass is 16.4. The second-order valence-corrected chi connectivity index (χ2v) is 5.16. The smallest absolute Gasteiger partial charge is 0.311 e. The summed E-state index contributed by atoms with van der Waals surface area (Å²) in [5.41, 5.74) is -0.804. The number of hydrogen-bond acceptors (Lipinski definition) is 3. The summed E-state index contributed by atoms with van der Waals surface area (Å²) in [6.45, 7) is 1.85. The van der Waals surface area contributed by atoms with Gasteiger partial charge in [0, 0.05) is 26.4 Å². The Morgan fingerprint density at radius 1 is 1.11 bits per heavy atom. The molecule has 0 aromatic carbocycles. The molecule has 1 aliphatic carbocycles. The van der Waals surface area contributed by atoms with Crippen LogP contribution < -0.4 is 10.6 Å². The fourth-order valence-electron chi connectivity index (χ4n) is 2.40. The minimum absolute atomic E-state index is 0.176. The van der Waals surface area contributed by atoms with E-state index >= 15 is 0 Å². The quantitative estimate of drug-likeness (QED) is 0.661. The van der Waals surface area contributed by atoms with Crippen molar-refractivity contribution in [3.63, 3.8) is 0 Å². The first-order valence-electron chi connectivity index (χ1n) is 6.71. The van der Waals surface area contributed by atoms with Gasteiger partial charge in [-0.2, -0.15) is 0 Å². The molecule has 1 rings (SSSR count). The van der Waals surface area contributed by atoms with Gasteiger partial charge in [0.05, 0.1) is 5.41 Å². The summed E-state index contributed by atoms with van der Waals surface area (Å²) in [5, 5.41) is 14.5. The molecule has 0 bridgehead atoms. The Labute approximate surface area is 112 Å². The topological polar surface area (TPSA) is 95.5 Å². The molecule has 108 valence electrons. The van der Waals surface area contributed by atoms with E-state index in [0.717, 1.165) is 19.3 Å². The lowest BCUT2D eigenvalue weighted by atomic mass is 9.74. The van der Waals surface area contributed by atoms with Crippen LogP contribution in [0.4, 0.5) is 0 Å². The number of rotatable bonds is 6. The monoisotopic (exact) mass is 270 g/mol. The van der Waals surface area contributed by atoms with Gasteiger partial charge in [0.2, 0.25) is 11.8 Å². The van der Waals surface area contributed by atoms with E-state index in [1.54, 1.807) is 0 Å². The second-order valence-electron chi connectivity index (χ2n) is 5.16. The number of amides is 2. The average molecular weight is 270 g/mol. The molecule has 0 spiro atoms. The molecule has 0 radical (unpaired) electrons. The van der Waals surface area contributed by atoms with Gasteiger partial charge in [-0.15, -0.1) is 0 Å². The molecular formula is C13H22N2O4. The summed E-state index contributed by atoms with van der Waals surface area (Å²) >= 11 is 0. The Morgan fingerprint density at radius 3 is 2.26 bits per heavy atom. The van der Waals surface area contributed by atoms with E-state index in [0.29, 0.717) is 12.8 Å². The highest BCUT2D eigenvalue weighted by Crippen LogP contribution is 2.35. The van der Waals surface area contributed by atoms with Gasteiger partial charge in [0.15, 0.2) is 0 Å². The number of carbonyl (C=O) groups excluding carboxylic acids is 2. The van der Waals surface area contributed by atoms with Crippen molar-refractivity contribution in [2.75, 3.05) is 13.1 Å². The molecule has 0 aromatic rings. The van der Waals surface area contributed by atoms with Crippen LogP contribution >= 0.6 is 0 Å². The normalized spacial score (nSPS) is 17.5. The third-order valence-corrected chi connectivity index (χ3v) is 3.61. The molecule has 0 aromatic heterocycles. The molecule has 6 heteroatoms. The SMILES string of the molecule is CC(=O)NCCC(=O)NCC1(C(=O)O)CCCCC1. The summed E-state index contributed by atoms with van der Waals surface area (Å²) in [6.07, 6.45) is 4.27. The first-order valence-corrected chi connectivity index (χ1v) is 6.71. The zero-order valence-corrected chi connectivity index (χ0v) is 11.3. The number of carbonyl (C=O) groups is 3. The van der Waals surface area contributed by atoms with E-state index in [-0.39, 0.29) is 31.3 Å². The fraction of sp³-hybridized carbons (Fsp3) is 0.769. The maximum Gasteiger partial charge on any atom is 0.311 e. The highest BCUT2D eigenvalue weighted by molar-refractivity contribution is 5.80. The Hall–Kier alpha value is -1.59. The largest absolute Gasteiger partial charge is 0.481 e. The van der Waals surface area contributed by atoms with Crippen LogP contribution in [0, 0.1) is 5.41 Å². The van der Waals surface area contributed by atoms with Crippen LogP contribution in [0.25, 0.3) is 0 Å². The predicted molar refractivity (Wildman–Crippen MR) is 69.5 cm³/mol. The van der Waals surface area contributed by atoms with Crippen LogP contribution in [0.3, 0.4) is 0 Å². The molecule has 0 unspecified atom stereocenters. The van der Waals surface area contributed by atoms with Gasteiger partial charge in [-0.3, -0.25) is 14.4 Å². The molecule has 0 heterocycles. The summed E-state index contributed by atoms with van der Waals surface area (Å²) in [4.78, 5) is 33.6. The molecule has 0 atom stereocenters. The molecule has 1 fully saturated rings. The van der Waals surface area contributed by atoms with E-state index in [2.05, 4.69) is 10.6 Å². The number of carboxylic acid groups (broad SMARTS) is 1. The van der Waals surface area contributed by atoms with Gasteiger partial charge in [-0.25, -0.2) is 0 Å². The third-order valence-electron chi connectivity index (χ3n) is 3.61. The van der Waals surface area contributed by atoms with Crippen LogP contribution in [0.1, 0.15) is 45.4 Å². The lowest BCUT2D eigenvalue weighted by Crippen LogP contribution is -2.44. The van der Waals surface area contributed by atoms with E-state index in [9.17, 15) is 19.5 Å². The number of nitrogens with one attached hydrogen (secondary N) is 2. The minimum Gasteiger partial charge on any atom is -0.481 e. The Balaban J connectivity index is 2.37. The van der Waals surface area contributed by atoms with Gasteiger partial charge < -0.3 is 15.7 Å². The average Bonchev–Trinajstić information content (AvgIpc) is 2.37. The zero-order valence-electron chi connectivity index (χ0n) is 11.3. The molecule has 19 heavy (non-hydrogen) atoms. The van der Waals surface area contributed by atoms with E-state index < -0.39 is 11.4 Å². The summed E-state index contributed by atoms with van der Waals surface area (Å²) in [5.74, 6) is -1.23. The Morgan fingerprint density at radius 2 is 1.74 bits per heavy atom. The van der Waals surface area contributed by atoms with Gasteiger partial charge in [0.25, 0.3) is 0 Å². The minimum atomic E-state index is -0.825. The van der Waals surface area contributed by atoms with Crippen molar-refractivity contribution in [1.82, 2.24) is 10.6 Å². The van der Waals surface area contributed by atoms with Crippen molar-refractivity contribution < 1.29 is 19.5 Å². The zero-order chi connectivity index (χ0) is 14.3. The summed E-state index contributed by atoms with van der Waals surface area (Å²) < 4.78 is 0. The van der Waals surface area contributed by atoms with Crippen LogP contribution in [-0.4, -0.2) is 36.0 Å². The molecule has 6 nitrogen and oxygen atoms in total. The number of hydrogen-bond donors (Lipinski definition) is 3. The van der Waals surface area contributed by atoms with Crippen molar-refractivity contribution in [3.8, 4) is 0 Å². The third kappa shape index (κ3) is 4.89. The van der Waals surface area contributed by atoms with Crippen molar-refractivity contribution in [2.24, 2.45) is 5.41 Å². The second kappa shape index (κ2) is 7.11. The van der Waals surface area contributed by atoms with Gasteiger partial charge in [-0.05, 0) is 12.8 Å². The van der Waals surface area contributed by atoms with E-state index in [4.69, 9.17) is 0 Å². The molecule has 0 saturated heterocycles. The first kappa shape index (κ1) is 15.5. The fourth-order valence-corrected chi connectivity index (χ4v) is 2.40. The number of carboxylic acids is 1. The standard InChI is InChI=1S/C13H22N2O4/c1-10(16)14-8-5-11(17)15-9-13(12(18)19)6-3-2-4-7-13/h2-9H2,1H3,(H,14,16)(H,15,17)(H,18,19). The van der Waals surface area contributed by atoms with Crippen molar-refractivity contribution in [3.05, 3.63) is 0 Å². The van der Waals surface area contributed by atoms with E-state index in [1.807, 2.05) is 0 Å². The lowest BCUT2D eigenvalue weighted by molar-refractivity contribution is -0.151. The van der Waals surface area contributed by atoms with Gasteiger partial charge in [0.1, 0.15) is 0 Å². The van der Waals surface area contributed by atoms with Crippen molar-refractivity contribution in [2.45, 2.75) is 45.4 Å². The molecular weight excluding hydrogens is 248 g/mol. The van der Waals surface area contributed by atoms with Gasteiger partial charge in [-0.1, -0.05) is 19.3 Å². The van der Waals surface area contributed by atoms with Crippen LogP contribution in [0.2, 0.25) is 0 Å². The van der Waals surface area contributed by atoms with Crippen molar-refractivity contribution >= 4 is 17.8 Å². The molecule has 0 aliphatic heterocycles. The summed E-state index contributed by atoms with van der Waals surface area (Å²) in [7, 11) is 0. The Bertz CT molecular complexity index is 349. The maximum atomic E-state index is 11.6. The van der Waals surface area contributed by atoms with Crippen LogP contribution in [0.15, 0.2) is 0 Å². The highest BCUT2D eigenvalue weighted by Gasteiger charge is 2.39. The molecule has 1 aliphatic rings. The van der Waals surface area contributed by atoms with Crippen LogP contribution in [-0.2, 0) is 14.4 Å². The van der Waals surface area contributed by atoms with E-state index in [1.165, 1.54) is 6.92 Å².